The van der Waals surface area contributed by atoms with Gasteiger partial charge in [-0.2, -0.15) is 0 Å². The smallest absolute Gasteiger partial charge is 0.150 e. The quantitative estimate of drug-likeness (QED) is 0.913. The Hall–Kier alpha value is -0.940. The highest BCUT2D eigenvalue weighted by Gasteiger charge is 2.35. The number of hydrogen-bond acceptors (Lipinski definition) is 4. The van der Waals surface area contributed by atoms with Gasteiger partial charge in [0.2, 0.25) is 0 Å². The van der Waals surface area contributed by atoms with Crippen LogP contribution in [0, 0.1) is 6.92 Å². The van der Waals surface area contributed by atoms with Crippen molar-refractivity contribution in [2.45, 2.75) is 64.6 Å². The Bertz CT molecular complexity index is 435. The first-order valence-electron chi connectivity index (χ1n) is 8.17. The zero-order chi connectivity index (χ0) is 13.9. The molecule has 0 aromatic carbocycles. The monoisotopic (exact) mass is 277 g/mol. The van der Waals surface area contributed by atoms with E-state index in [4.69, 9.17) is 0 Å². The van der Waals surface area contributed by atoms with E-state index in [0.717, 1.165) is 37.9 Å². The van der Waals surface area contributed by atoms with Crippen molar-refractivity contribution in [3.05, 3.63) is 11.6 Å². The summed E-state index contributed by atoms with van der Waals surface area (Å²) in [7, 11) is 0. The minimum absolute atomic E-state index is 0.492. The van der Waals surface area contributed by atoms with Gasteiger partial charge in [-0.05, 0) is 58.7 Å². The van der Waals surface area contributed by atoms with E-state index in [1.807, 2.05) is 0 Å². The number of nitrogens with one attached hydrogen (secondary N) is 1. The first-order chi connectivity index (χ1) is 9.81. The molecule has 0 bridgehead atoms. The van der Waals surface area contributed by atoms with Crippen molar-refractivity contribution < 1.29 is 0 Å². The van der Waals surface area contributed by atoms with E-state index in [9.17, 15) is 0 Å². The molecule has 3 heterocycles. The van der Waals surface area contributed by atoms with Crippen LogP contribution < -0.4 is 5.32 Å². The standard InChI is InChI=1S/C15H27N5/c1-3-10-19-12(2)17-18-15(19)14-5-4-11-20(14)13-6-8-16-9-7-13/h13-14,16H,3-11H2,1-2H3. The fourth-order valence-electron chi connectivity index (χ4n) is 3.79. The molecule has 1 N–H and O–H groups in total. The molecule has 0 saturated carbocycles. The molecule has 2 aliphatic heterocycles. The summed E-state index contributed by atoms with van der Waals surface area (Å²) in [6, 6.07) is 1.22. The van der Waals surface area contributed by atoms with Crippen LogP contribution in [0.2, 0.25) is 0 Å². The van der Waals surface area contributed by atoms with Crippen LogP contribution >= 0.6 is 0 Å². The number of nitrogens with zero attached hydrogens (tertiary/aromatic N) is 4. The molecule has 2 saturated heterocycles. The Labute approximate surface area is 121 Å². The molecule has 1 aromatic heterocycles. The van der Waals surface area contributed by atoms with Gasteiger partial charge in [0.15, 0.2) is 0 Å². The number of hydrogen-bond donors (Lipinski definition) is 1. The van der Waals surface area contributed by atoms with Gasteiger partial charge in [-0.1, -0.05) is 6.92 Å². The van der Waals surface area contributed by atoms with Gasteiger partial charge in [-0.3, -0.25) is 4.90 Å². The van der Waals surface area contributed by atoms with E-state index in [1.165, 1.54) is 38.1 Å². The zero-order valence-corrected chi connectivity index (χ0v) is 12.8. The second-order valence-corrected chi connectivity index (χ2v) is 6.13. The molecule has 0 amide bonds. The lowest BCUT2D eigenvalue weighted by Crippen LogP contribution is -2.43. The third-order valence-electron chi connectivity index (χ3n) is 4.78. The van der Waals surface area contributed by atoms with Crippen LogP contribution in [0.5, 0.6) is 0 Å². The molecule has 20 heavy (non-hydrogen) atoms. The van der Waals surface area contributed by atoms with Crippen molar-refractivity contribution in [3.8, 4) is 0 Å². The molecule has 1 atom stereocenters. The molecule has 5 nitrogen and oxygen atoms in total. The highest BCUT2D eigenvalue weighted by Crippen LogP contribution is 2.35. The Morgan fingerprint density at radius 2 is 2.00 bits per heavy atom. The van der Waals surface area contributed by atoms with Gasteiger partial charge >= 0.3 is 0 Å². The van der Waals surface area contributed by atoms with Crippen LogP contribution in [0.25, 0.3) is 0 Å². The van der Waals surface area contributed by atoms with Gasteiger partial charge in [0.25, 0.3) is 0 Å². The van der Waals surface area contributed by atoms with Gasteiger partial charge in [-0.25, -0.2) is 0 Å². The molecule has 0 spiro atoms. The number of piperidine rings is 1. The van der Waals surface area contributed by atoms with Crippen molar-refractivity contribution in [2.24, 2.45) is 0 Å². The van der Waals surface area contributed by atoms with Gasteiger partial charge in [-0.15, -0.1) is 10.2 Å². The highest BCUT2D eigenvalue weighted by atomic mass is 15.3. The van der Waals surface area contributed by atoms with Crippen LogP contribution in [-0.2, 0) is 6.54 Å². The summed E-state index contributed by atoms with van der Waals surface area (Å²) < 4.78 is 2.34. The summed E-state index contributed by atoms with van der Waals surface area (Å²) in [6.45, 7) is 8.90. The van der Waals surface area contributed by atoms with E-state index >= 15 is 0 Å². The summed E-state index contributed by atoms with van der Waals surface area (Å²) >= 11 is 0. The van der Waals surface area contributed by atoms with E-state index in [0.29, 0.717) is 6.04 Å². The van der Waals surface area contributed by atoms with Crippen molar-refractivity contribution in [1.82, 2.24) is 25.0 Å². The van der Waals surface area contributed by atoms with Crippen LogP contribution in [0.3, 0.4) is 0 Å². The van der Waals surface area contributed by atoms with Crippen LogP contribution in [0.4, 0.5) is 0 Å². The molecular formula is C15H27N5. The largest absolute Gasteiger partial charge is 0.317 e. The normalized spacial score (nSPS) is 25.4. The SMILES string of the molecule is CCCn1c(C)nnc1C1CCCN1C1CCNCC1. The Kier molecular flexibility index (Phi) is 4.36. The van der Waals surface area contributed by atoms with Crippen LogP contribution in [0.1, 0.15) is 56.7 Å². The predicted molar refractivity (Wildman–Crippen MR) is 79.6 cm³/mol. The third kappa shape index (κ3) is 2.61. The van der Waals surface area contributed by atoms with Gasteiger partial charge in [0.05, 0.1) is 6.04 Å². The maximum atomic E-state index is 4.52. The van der Waals surface area contributed by atoms with E-state index < -0.39 is 0 Å². The number of aromatic nitrogens is 3. The fourth-order valence-corrected chi connectivity index (χ4v) is 3.79. The molecular weight excluding hydrogens is 250 g/mol. The fraction of sp³-hybridized carbons (Fsp3) is 0.867. The lowest BCUT2D eigenvalue weighted by atomic mass is 10.0. The molecule has 0 aliphatic carbocycles. The average molecular weight is 277 g/mol. The minimum atomic E-state index is 0.492. The molecule has 1 unspecified atom stereocenters. The average Bonchev–Trinajstić information content (AvgIpc) is 3.08. The van der Waals surface area contributed by atoms with Gasteiger partial charge in [0.1, 0.15) is 11.6 Å². The minimum Gasteiger partial charge on any atom is -0.317 e. The summed E-state index contributed by atoms with van der Waals surface area (Å²) in [5, 5.41) is 12.3. The molecule has 3 rings (SSSR count). The van der Waals surface area contributed by atoms with E-state index in [-0.39, 0.29) is 0 Å². The van der Waals surface area contributed by atoms with Crippen LogP contribution in [-0.4, -0.2) is 45.3 Å². The summed E-state index contributed by atoms with van der Waals surface area (Å²) in [5.41, 5.74) is 0. The first kappa shape index (κ1) is 14.0. The number of likely N-dealkylation sites (tertiary alicyclic amines) is 1. The Morgan fingerprint density at radius 3 is 2.75 bits per heavy atom. The highest BCUT2D eigenvalue weighted by molar-refractivity contribution is 5.04. The molecule has 2 aliphatic rings. The summed E-state index contributed by atoms with van der Waals surface area (Å²) in [4.78, 5) is 2.70. The maximum absolute atomic E-state index is 4.52. The van der Waals surface area contributed by atoms with Crippen molar-refractivity contribution in [1.29, 1.82) is 0 Å². The predicted octanol–water partition coefficient (Wildman–Crippen LogP) is 1.89. The molecule has 2 fully saturated rings. The Balaban J connectivity index is 1.81. The van der Waals surface area contributed by atoms with E-state index in [2.05, 4.69) is 38.8 Å². The molecule has 1 aromatic rings. The topological polar surface area (TPSA) is 46.0 Å². The van der Waals surface area contributed by atoms with Crippen molar-refractivity contribution >= 4 is 0 Å². The Morgan fingerprint density at radius 1 is 1.20 bits per heavy atom. The van der Waals surface area contributed by atoms with Crippen molar-refractivity contribution in [2.75, 3.05) is 19.6 Å². The molecule has 112 valence electrons. The molecule has 0 radical (unpaired) electrons. The van der Waals surface area contributed by atoms with Gasteiger partial charge < -0.3 is 9.88 Å². The van der Waals surface area contributed by atoms with Gasteiger partial charge in [0, 0.05) is 12.6 Å². The summed E-state index contributed by atoms with van der Waals surface area (Å²) in [5.74, 6) is 2.28. The second kappa shape index (κ2) is 6.22. The van der Waals surface area contributed by atoms with Crippen molar-refractivity contribution in [3.63, 3.8) is 0 Å². The first-order valence-corrected chi connectivity index (χ1v) is 8.17. The maximum Gasteiger partial charge on any atom is 0.150 e. The number of rotatable bonds is 4. The third-order valence-corrected chi connectivity index (χ3v) is 4.78. The second-order valence-electron chi connectivity index (χ2n) is 6.13. The van der Waals surface area contributed by atoms with Crippen LogP contribution in [0.15, 0.2) is 0 Å². The zero-order valence-electron chi connectivity index (χ0n) is 12.8. The molecule has 5 heteroatoms. The number of aryl methyl sites for hydroxylation is 1. The van der Waals surface area contributed by atoms with E-state index in [1.54, 1.807) is 0 Å². The summed E-state index contributed by atoms with van der Waals surface area (Å²) in [6.07, 6.45) is 6.24. The lowest BCUT2D eigenvalue weighted by molar-refractivity contribution is 0.140. The lowest BCUT2D eigenvalue weighted by Gasteiger charge is -2.35.